The average molecular weight is 109 g/mol. The Kier molecular flexibility index (Phi) is 3.68. The second-order valence-corrected chi connectivity index (χ2v) is 1.02. The first-order chi connectivity index (χ1) is 3.00. The Morgan fingerprint density at radius 3 is 1.57 bits per heavy atom. The molecular formula is C5H8AlN. The summed E-state index contributed by atoms with van der Waals surface area (Å²) >= 11 is 0. The van der Waals surface area contributed by atoms with Gasteiger partial charge in [0.2, 0.25) is 0 Å². The van der Waals surface area contributed by atoms with Gasteiger partial charge in [0.05, 0.1) is 0 Å². The summed E-state index contributed by atoms with van der Waals surface area (Å²) in [7, 11) is 0. The Bertz CT molecular complexity index is 80.0. The number of aromatic nitrogens is 1. The van der Waals surface area contributed by atoms with E-state index in [2.05, 4.69) is 4.98 Å². The lowest BCUT2D eigenvalue weighted by Crippen LogP contribution is -1.58. The molecule has 36 valence electrons. The predicted molar refractivity (Wildman–Crippen MR) is 34.2 cm³/mol. The molecule has 0 amide bonds. The van der Waals surface area contributed by atoms with E-state index >= 15 is 0 Å². The summed E-state index contributed by atoms with van der Waals surface area (Å²) in [6.07, 6.45) is 3.50. The van der Waals surface area contributed by atoms with Crippen LogP contribution in [-0.2, 0) is 0 Å². The summed E-state index contributed by atoms with van der Waals surface area (Å²) in [5.41, 5.74) is 0. The Labute approximate surface area is 53.5 Å². The fraction of sp³-hybridized carbons (Fsp3) is 0. The molecule has 1 aromatic heterocycles. The van der Waals surface area contributed by atoms with Crippen molar-refractivity contribution < 1.29 is 0 Å². The molecule has 7 heavy (non-hydrogen) atoms. The first-order valence-electron chi connectivity index (χ1n) is 1.85. The van der Waals surface area contributed by atoms with Crippen LogP contribution in [0, 0.1) is 0 Å². The van der Waals surface area contributed by atoms with Gasteiger partial charge in [-0.05, 0) is 12.1 Å². The van der Waals surface area contributed by atoms with E-state index in [9.17, 15) is 0 Å². The minimum Gasteiger partial charge on any atom is -0.265 e. The molecule has 2 heteroatoms. The Morgan fingerprint density at radius 2 is 1.43 bits per heavy atom. The first kappa shape index (κ1) is 6.68. The second kappa shape index (κ2) is 3.86. The zero-order valence-electron chi connectivity index (χ0n) is 3.33. The predicted octanol–water partition coefficient (Wildman–Crippen LogP) is -0.102. The number of nitrogens with zero attached hydrogens (tertiary/aromatic N) is 1. The van der Waals surface area contributed by atoms with Crippen molar-refractivity contribution >= 4 is 17.4 Å². The summed E-state index contributed by atoms with van der Waals surface area (Å²) in [6.45, 7) is 0. The summed E-state index contributed by atoms with van der Waals surface area (Å²) in [5.74, 6) is 0. The van der Waals surface area contributed by atoms with Gasteiger partial charge >= 0.3 is 0 Å². The lowest BCUT2D eigenvalue weighted by atomic mass is 10.5. The molecule has 0 N–H and O–H groups in total. The van der Waals surface area contributed by atoms with Crippen LogP contribution in [0.2, 0.25) is 0 Å². The first-order valence-corrected chi connectivity index (χ1v) is 1.85. The molecule has 1 aromatic rings. The van der Waals surface area contributed by atoms with Crippen LogP contribution in [0.25, 0.3) is 0 Å². The average Bonchev–Trinajstić information content (AvgIpc) is 1.72. The maximum atomic E-state index is 3.78. The maximum Gasteiger partial charge on any atom is 0.187 e. The van der Waals surface area contributed by atoms with Crippen LogP contribution in [0.4, 0.5) is 0 Å². The SMILES string of the molecule is [AlH3].c1ccncc1. The highest BCUT2D eigenvalue weighted by molar-refractivity contribution is 5.75. The van der Waals surface area contributed by atoms with Crippen molar-refractivity contribution in [1.82, 2.24) is 4.98 Å². The van der Waals surface area contributed by atoms with Gasteiger partial charge in [0.1, 0.15) is 0 Å². The van der Waals surface area contributed by atoms with Gasteiger partial charge in [0.25, 0.3) is 0 Å². The van der Waals surface area contributed by atoms with Crippen molar-refractivity contribution in [2.45, 2.75) is 0 Å². The molecule has 0 spiro atoms. The molecule has 0 aliphatic rings. The fourth-order valence-corrected chi connectivity index (χ4v) is 0.313. The van der Waals surface area contributed by atoms with Crippen LogP contribution in [0.5, 0.6) is 0 Å². The molecule has 0 atom stereocenters. The number of hydrogen-bond donors (Lipinski definition) is 0. The van der Waals surface area contributed by atoms with Crippen molar-refractivity contribution in [3.8, 4) is 0 Å². The van der Waals surface area contributed by atoms with E-state index in [1.165, 1.54) is 0 Å². The third-order valence-corrected chi connectivity index (χ3v) is 0.566. The monoisotopic (exact) mass is 109 g/mol. The van der Waals surface area contributed by atoms with Gasteiger partial charge in [-0.2, -0.15) is 0 Å². The third kappa shape index (κ3) is 2.39. The van der Waals surface area contributed by atoms with Crippen molar-refractivity contribution in [2.24, 2.45) is 0 Å². The van der Waals surface area contributed by atoms with Gasteiger partial charge in [-0.3, -0.25) is 4.98 Å². The Hall–Kier alpha value is -0.318. The number of pyridine rings is 1. The normalized spacial score (nSPS) is 6.86. The van der Waals surface area contributed by atoms with Gasteiger partial charge in [-0.1, -0.05) is 6.07 Å². The largest absolute Gasteiger partial charge is 0.265 e. The summed E-state index contributed by atoms with van der Waals surface area (Å²) in [5, 5.41) is 0. The van der Waals surface area contributed by atoms with E-state index in [0.29, 0.717) is 0 Å². The lowest BCUT2D eigenvalue weighted by Gasteiger charge is -1.70. The van der Waals surface area contributed by atoms with Crippen LogP contribution in [0.3, 0.4) is 0 Å². The van der Waals surface area contributed by atoms with Crippen molar-refractivity contribution in [3.05, 3.63) is 30.6 Å². The summed E-state index contributed by atoms with van der Waals surface area (Å²) in [6, 6.07) is 5.72. The number of rotatable bonds is 0. The highest BCUT2D eigenvalue weighted by Crippen LogP contribution is 1.73. The van der Waals surface area contributed by atoms with Crippen LogP contribution in [-0.4, -0.2) is 22.3 Å². The van der Waals surface area contributed by atoms with Gasteiger partial charge < -0.3 is 0 Å². The minimum atomic E-state index is 0. The van der Waals surface area contributed by atoms with E-state index < -0.39 is 0 Å². The molecule has 0 aliphatic carbocycles. The maximum absolute atomic E-state index is 3.78. The highest BCUT2D eigenvalue weighted by Gasteiger charge is 1.58. The molecule has 0 fully saturated rings. The Morgan fingerprint density at radius 1 is 0.857 bits per heavy atom. The second-order valence-electron chi connectivity index (χ2n) is 1.02. The summed E-state index contributed by atoms with van der Waals surface area (Å²) in [4.78, 5) is 3.78. The molecular weight excluding hydrogens is 101 g/mol. The van der Waals surface area contributed by atoms with E-state index in [-0.39, 0.29) is 17.4 Å². The van der Waals surface area contributed by atoms with E-state index in [0.717, 1.165) is 0 Å². The number of hydrogen-bond acceptors (Lipinski definition) is 1. The standard InChI is InChI=1S/C5H5N.Al.3H/c1-2-4-6-5-3-1;;;;/h1-5H;;;;. The van der Waals surface area contributed by atoms with Crippen molar-refractivity contribution in [2.75, 3.05) is 0 Å². The van der Waals surface area contributed by atoms with Crippen molar-refractivity contribution in [1.29, 1.82) is 0 Å². The zero-order valence-corrected chi connectivity index (χ0v) is 3.33. The van der Waals surface area contributed by atoms with Crippen molar-refractivity contribution in [3.63, 3.8) is 0 Å². The molecule has 0 radical (unpaired) electrons. The molecule has 1 nitrogen and oxygen atoms in total. The van der Waals surface area contributed by atoms with Crippen LogP contribution in [0.1, 0.15) is 0 Å². The topological polar surface area (TPSA) is 12.9 Å². The molecule has 1 rings (SSSR count). The highest BCUT2D eigenvalue weighted by atomic mass is 27.0. The van der Waals surface area contributed by atoms with Crippen LogP contribution in [0.15, 0.2) is 30.6 Å². The molecule has 0 saturated carbocycles. The van der Waals surface area contributed by atoms with Crippen LogP contribution < -0.4 is 0 Å². The molecule has 0 aliphatic heterocycles. The molecule has 1 heterocycles. The Balaban J connectivity index is 0.000000360. The fourth-order valence-electron chi connectivity index (χ4n) is 0.313. The van der Waals surface area contributed by atoms with E-state index in [1.807, 2.05) is 18.2 Å². The lowest BCUT2D eigenvalue weighted by molar-refractivity contribution is 1.33. The zero-order chi connectivity index (χ0) is 4.24. The smallest absolute Gasteiger partial charge is 0.187 e. The van der Waals surface area contributed by atoms with Gasteiger partial charge in [0, 0.05) is 12.4 Å². The summed E-state index contributed by atoms with van der Waals surface area (Å²) < 4.78 is 0. The molecule has 0 unspecified atom stereocenters. The van der Waals surface area contributed by atoms with E-state index in [1.54, 1.807) is 12.4 Å². The molecule has 0 saturated heterocycles. The minimum absolute atomic E-state index is 0. The van der Waals surface area contributed by atoms with Crippen LogP contribution >= 0.6 is 0 Å². The molecule has 0 bridgehead atoms. The van der Waals surface area contributed by atoms with Gasteiger partial charge in [-0.15, -0.1) is 0 Å². The van der Waals surface area contributed by atoms with Gasteiger partial charge in [0.15, 0.2) is 17.4 Å². The van der Waals surface area contributed by atoms with E-state index in [4.69, 9.17) is 0 Å². The third-order valence-electron chi connectivity index (χ3n) is 0.566. The van der Waals surface area contributed by atoms with Gasteiger partial charge in [-0.25, -0.2) is 0 Å². The quantitative estimate of drug-likeness (QED) is 0.424. The molecule has 0 aromatic carbocycles.